The van der Waals surface area contributed by atoms with E-state index in [9.17, 15) is 18.0 Å². The predicted molar refractivity (Wildman–Crippen MR) is 142 cm³/mol. The van der Waals surface area contributed by atoms with Gasteiger partial charge in [-0.15, -0.1) is 0 Å². The average Bonchev–Trinajstić information content (AvgIpc) is 2.78. The van der Waals surface area contributed by atoms with Crippen molar-refractivity contribution in [3.63, 3.8) is 0 Å². The van der Waals surface area contributed by atoms with E-state index in [0.29, 0.717) is 11.4 Å². The van der Waals surface area contributed by atoms with E-state index < -0.39 is 28.5 Å². The third-order valence-electron chi connectivity index (χ3n) is 5.85. The molecule has 0 aliphatic heterocycles. The fourth-order valence-corrected chi connectivity index (χ4v) is 5.03. The number of amides is 2. The van der Waals surface area contributed by atoms with Gasteiger partial charge in [-0.05, 0) is 56.0 Å². The molecule has 7 nitrogen and oxygen atoms in total. The quantitative estimate of drug-likeness (QED) is 0.443. The molecule has 0 saturated heterocycles. The van der Waals surface area contributed by atoms with Crippen molar-refractivity contribution in [1.82, 2.24) is 10.2 Å². The first-order valence-corrected chi connectivity index (χ1v) is 14.1. The van der Waals surface area contributed by atoms with Gasteiger partial charge in [-0.2, -0.15) is 0 Å². The molecule has 2 rings (SSSR count). The molecule has 2 aromatic carbocycles. The number of anilines is 1. The lowest BCUT2D eigenvalue weighted by molar-refractivity contribution is -0.140. The molecule has 0 aliphatic rings. The summed E-state index contributed by atoms with van der Waals surface area (Å²) in [4.78, 5) is 28.3. The summed E-state index contributed by atoms with van der Waals surface area (Å²) in [6.07, 6.45) is 2.11. The average molecular weight is 543 g/mol. The number of carbonyl (C=O) groups is 2. The molecule has 2 amide bonds. The lowest BCUT2D eigenvalue weighted by atomic mass is 10.1. The van der Waals surface area contributed by atoms with E-state index in [1.807, 2.05) is 52.0 Å². The zero-order valence-electron chi connectivity index (χ0n) is 20.7. The van der Waals surface area contributed by atoms with Gasteiger partial charge in [0.2, 0.25) is 21.8 Å². The van der Waals surface area contributed by atoms with Gasteiger partial charge in [0.1, 0.15) is 12.6 Å². The lowest BCUT2D eigenvalue weighted by Crippen LogP contribution is -2.53. The Morgan fingerprint density at radius 3 is 2.26 bits per heavy atom. The molecule has 1 N–H and O–H groups in total. The van der Waals surface area contributed by atoms with Crippen molar-refractivity contribution in [3.8, 4) is 0 Å². The first-order valence-electron chi connectivity index (χ1n) is 11.5. The standard InChI is InChI=1S/C25H33Cl2N3O4S/c1-6-18(4)28-25(32)22(7-2)29(15-19-11-9-8-10-17(19)3)24(31)16-30(35(5,33)34)23-13-12-20(26)14-21(23)27/h8-14,18,22H,6-7,15-16H2,1-5H3,(H,28,32)/t18-,22+/m0/s1. The first-order chi connectivity index (χ1) is 16.4. The molecule has 0 unspecified atom stereocenters. The number of hydrogen-bond donors (Lipinski definition) is 1. The number of carbonyl (C=O) groups excluding carboxylic acids is 2. The zero-order valence-corrected chi connectivity index (χ0v) is 23.0. The van der Waals surface area contributed by atoms with Crippen LogP contribution in [0.15, 0.2) is 42.5 Å². The van der Waals surface area contributed by atoms with Crippen molar-refractivity contribution in [1.29, 1.82) is 0 Å². The molecule has 0 spiro atoms. The highest BCUT2D eigenvalue weighted by Crippen LogP contribution is 2.30. The van der Waals surface area contributed by atoms with Gasteiger partial charge in [0, 0.05) is 17.6 Å². The molecule has 0 heterocycles. The molecule has 2 atom stereocenters. The van der Waals surface area contributed by atoms with Crippen LogP contribution in [-0.2, 0) is 26.2 Å². The zero-order chi connectivity index (χ0) is 26.3. The molecule has 0 bridgehead atoms. The maximum Gasteiger partial charge on any atom is 0.244 e. The van der Waals surface area contributed by atoms with Gasteiger partial charge in [0.05, 0.1) is 17.0 Å². The van der Waals surface area contributed by atoms with Gasteiger partial charge >= 0.3 is 0 Å². The smallest absolute Gasteiger partial charge is 0.244 e. The van der Waals surface area contributed by atoms with Crippen molar-refractivity contribution in [2.24, 2.45) is 0 Å². The molecular weight excluding hydrogens is 509 g/mol. The van der Waals surface area contributed by atoms with Crippen LogP contribution in [0.2, 0.25) is 10.0 Å². The van der Waals surface area contributed by atoms with Crippen LogP contribution in [0.1, 0.15) is 44.7 Å². The molecule has 0 aliphatic carbocycles. The maximum absolute atomic E-state index is 13.7. The minimum atomic E-state index is -3.88. The van der Waals surface area contributed by atoms with Crippen molar-refractivity contribution >= 4 is 50.7 Å². The van der Waals surface area contributed by atoms with Crippen molar-refractivity contribution in [2.45, 2.75) is 59.2 Å². The minimum Gasteiger partial charge on any atom is -0.352 e. The summed E-state index contributed by atoms with van der Waals surface area (Å²) in [5.41, 5.74) is 1.97. The Kier molecular flexibility index (Phi) is 10.4. The molecule has 2 aromatic rings. The normalized spacial score (nSPS) is 13.1. The largest absolute Gasteiger partial charge is 0.352 e. The molecule has 0 fully saturated rings. The number of benzene rings is 2. The second-order valence-corrected chi connectivity index (χ2v) is 11.3. The third kappa shape index (κ3) is 7.85. The Balaban J connectivity index is 2.49. The molecule has 0 aromatic heterocycles. The molecule has 0 radical (unpaired) electrons. The van der Waals surface area contributed by atoms with E-state index in [1.54, 1.807) is 0 Å². The first kappa shape index (κ1) is 28.9. The van der Waals surface area contributed by atoms with Gasteiger partial charge in [-0.25, -0.2) is 8.42 Å². The van der Waals surface area contributed by atoms with E-state index >= 15 is 0 Å². The van der Waals surface area contributed by atoms with Crippen LogP contribution in [0.25, 0.3) is 0 Å². The highest BCUT2D eigenvalue weighted by molar-refractivity contribution is 7.92. The number of rotatable bonds is 11. The Labute approximate surface area is 218 Å². The van der Waals surface area contributed by atoms with Crippen molar-refractivity contribution < 1.29 is 18.0 Å². The molecule has 192 valence electrons. The summed E-state index contributed by atoms with van der Waals surface area (Å²) in [5.74, 6) is -0.796. The van der Waals surface area contributed by atoms with Crippen LogP contribution in [0, 0.1) is 6.92 Å². The second kappa shape index (κ2) is 12.6. The number of aryl methyl sites for hydroxylation is 1. The van der Waals surface area contributed by atoms with E-state index in [1.165, 1.54) is 23.1 Å². The fourth-order valence-electron chi connectivity index (χ4n) is 3.61. The third-order valence-corrected chi connectivity index (χ3v) is 7.51. The van der Waals surface area contributed by atoms with Gasteiger partial charge in [-0.3, -0.25) is 13.9 Å². The molecule has 0 saturated carbocycles. The summed E-state index contributed by atoms with van der Waals surface area (Å²) >= 11 is 12.3. The summed E-state index contributed by atoms with van der Waals surface area (Å²) < 4.78 is 26.3. The highest BCUT2D eigenvalue weighted by Gasteiger charge is 2.32. The minimum absolute atomic E-state index is 0.0626. The number of hydrogen-bond acceptors (Lipinski definition) is 4. The van der Waals surface area contributed by atoms with Gasteiger partial charge in [0.25, 0.3) is 0 Å². The summed E-state index contributed by atoms with van der Waals surface area (Å²) in [5, 5.41) is 3.39. The van der Waals surface area contributed by atoms with Crippen LogP contribution in [0.4, 0.5) is 5.69 Å². The monoisotopic (exact) mass is 541 g/mol. The van der Waals surface area contributed by atoms with Gasteiger partial charge in [0.15, 0.2) is 0 Å². The predicted octanol–water partition coefficient (Wildman–Crippen LogP) is 4.79. The SMILES string of the molecule is CC[C@H](C(=O)N[C@@H](C)CC)N(Cc1ccccc1C)C(=O)CN(c1ccc(Cl)cc1Cl)S(C)(=O)=O. The molecular formula is C25H33Cl2N3O4S. The van der Waals surface area contributed by atoms with E-state index in [0.717, 1.165) is 28.1 Å². The van der Waals surface area contributed by atoms with Crippen molar-refractivity contribution in [2.75, 3.05) is 17.1 Å². The Bertz CT molecular complexity index is 1160. The van der Waals surface area contributed by atoms with Crippen LogP contribution < -0.4 is 9.62 Å². The lowest BCUT2D eigenvalue weighted by Gasteiger charge is -2.33. The van der Waals surface area contributed by atoms with Crippen molar-refractivity contribution in [3.05, 3.63) is 63.6 Å². The topological polar surface area (TPSA) is 86.8 Å². The Morgan fingerprint density at radius 2 is 1.71 bits per heavy atom. The fraction of sp³-hybridized carbons (Fsp3) is 0.440. The van der Waals surface area contributed by atoms with Gasteiger partial charge in [-0.1, -0.05) is 61.3 Å². The Morgan fingerprint density at radius 1 is 1.06 bits per heavy atom. The maximum atomic E-state index is 13.7. The number of sulfonamides is 1. The second-order valence-electron chi connectivity index (χ2n) is 8.56. The van der Waals surface area contributed by atoms with Crippen LogP contribution in [0.3, 0.4) is 0 Å². The van der Waals surface area contributed by atoms with Crippen LogP contribution in [-0.4, -0.2) is 50.0 Å². The number of halogens is 2. The summed E-state index contributed by atoms with van der Waals surface area (Å²) in [6, 6.07) is 11.1. The summed E-state index contributed by atoms with van der Waals surface area (Å²) in [7, 11) is -3.88. The van der Waals surface area contributed by atoms with E-state index in [2.05, 4.69) is 5.32 Å². The highest BCUT2D eigenvalue weighted by atomic mass is 35.5. The number of nitrogens with one attached hydrogen (secondary N) is 1. The summed E-state index contributed by atoms with van der Waals surface area (Å²) in [6.45, 7) is 7.24. The molecule has 35 heavy (non-hydrogen) atoms. The van der Waals surface area contributed by atoms with E-state index in [4.69, 9.17) is 23.2 Å². The van der Waals surface area contributed by atoms with Gasteiger partial charge < -0.3 is 10.2 Å². The van der Waals surface area contributed by atoms with Crippen LogP contribution in [0.5, 0.6) is 0 Å². The van der Waals surface area contributed by atoms with E-state index in [-0.39, 0.29) is 29.2 Å². The number of nitrogens with zero attached hydrogens (tertiary/aromatic N) is 2. The Hall–Kier alpha value is -2.29. The molecule has 10 heteroatoms. The van der Waals surface area contributed by atoms with Crippen LogP contribution >= 0.6 is 23.2 Å².